The maximum absolute atomic E-state index is 13.7. The number of aromatic nitrogens is 2. The van der Waals surface area contributed by atoms with E-state index in [1.807, 2.05) is 0 Å². The van der Waals surface area contributed by atoms with Crippen LogP contribution in [0.2, 0.25) is 0 Å². The first-order chi connectivity index (χ1) is 8.74. The van der Waals surface area contributed by atoms with Gasteiger partial charge in [-0.15, -0.1) is 0 Å². The fraction of sp³-hybridized carbons (Fsp3) is 0.286. The summed E-state index contributed by atoms with van der Waals surface area (Å²) in [5.74, 6) is 0.844. The number of halogens is 1. The summed E-state index contributed by atoms with van der Waals surface area (Å²) in [6.07, 6.45) is 3.52. The molecule has 92 valence electrons. The largest absolute Gasteiger partial charge is 0.328 e. The Kier molecular flexibility index (Phi) is 2.80. The molecule has 1 saturated carbocycles. The molecule has 1 aliphatic carbocycles. The van der Waals surface area contributed by atoms with Crippen molar-refractivity contribution in [2.24, 2.45) is 5.73 Å². The number of nitrogens with zero attached hydrogens (tertiary/aromatic N) is 2. The molecule has 0 unspecified atom stereocenters. The summed E-state index contributed by atoms with van der Waals surface area (Å²) < 4.78 is 13.7. The lowest BCUT2D eigenvalue weighted by atomic mass is 9.80. The van der Waals surface area contributed by atoms with Gasteiger partial charge in [0.15, 0.2) is 0 Å². The first-order valence-electron chi connectivity index (χ1n) is 6.07. The summed E-state index contributed by atoms with van der Waals surface area (Å²) in [5.41, 5.74) is 6.92. The van der Waals surface area contributed by atoms with Crippen LogP contribution in [0.1, 0.15) is 24.6 Å². The Morgan fingerprint density at radius 1 is 1.17 bits per heavy atom. The predicted octanol–water partition coefficient (Wildman–Crippen LogP) is 2.49. The second-order valence-electron chi connectivity index (χ2n) is 4.71. The number of hydrogen-bond acceptors (Lipinski definition) is 3. The normalized spacial score (nSPS) is 22.6. The molecule has 1 aromatic carbocycles. The minimum atomic E-state index is -0.257. The van der Waals surface area contributed by atoms with Gasteiger partial charge in [0.1, 0.15) is 11.6 Å². The summed E-state index contributed by atoms with van der Waals surface area (Å²) in [6, 6.07) is 8.65. The molecule has 0 atom stereocenters. The summed E-state index contributed by atoms with van der Waals surface area (Å²) in [7, 11) is 0. The molecule has 3 nitrogen and oxygen atoms in total. The van der Waals surface area contributed by atoms with Crippen LogP contribution in [0.3, 0.4) is 0 Å². The average molecular weight is 243 g/mol. The zero-order valence-electron chi connectivity index (χ0n) is 9.88. The van der Waals surface area contributed by atoms with E-state index in [0.717, 1.165) is 18.7 Å². The third-order valence-electron chi connectivity index (χ3n) is 3.36. The lowest BCUT2D eigenvalue weighted by Crippen LogP contribution is -2.35. The molecule has 18 heavy (non-hydrogen) atoms. The first kappa shape index (κ1) is 11.3. The van der Waals surface area contributed by atoms with E-state index in [9.17, 15) is 4.39 Å². The average Bonchev–Trinajstić information content (AvgIpc) is 2.36. The highest BCUT2D eigenvalue weighted by Gasteiger charge is 2.29. The van der Waals surface area contributed by atoms with E-state index >= 15 is 0 Å². The second kappa shape index (κ2) is 4.46. The smallest absolute Gasteiger partial charge is 0.132 e. The Morgan fingerprint density at radius 2 is 1.94 bits per heavy atom. The van der Waals surface area contributed by atoms with Crippen molar-refractivity contribution in [1.82, 2.24) is 9.97 Å². The molecular formula is C14H14FN3. The predicted molar refractivity (Wildman–Crippen MR) is 67.4 cm³/mol. The molecule has 1 fully saturated rings. The van der Waals surface area contributed by atoms with Crippen molar-refractivity contribution in [3.8, 4) is 11.3 Å². The van der Waals surface area contributed by atoms with Crippen molar-refractivity contribution in [3.63, 3.8) is 0 Å². The number of hydrogen-bond donors (Lipinski definition) is 1. The summed E-state index contributed by atoms with van der Waals surface area (Å²) in [4.78, 5) is 8.72. The van der Waals surface area contributed by atoms with Crippen LogP contribution in [-0.4, -0.2) is 16.0 Å². The Hall–Kier alpha value is -1.81. The lowest BCUT2D eigenvalue weighted by molar-refractivity contribution is 0.338. The van der Waals surface area contributed by atoms with Crippen LogP contribution in [-0.2, 0) is 0 Å². The van der Waals surface area contributed by atoms with E-state index in [4.69, 9.17) is 5.73 Å². The van der Waals surface area contributed by atoms with E-state index in [2.05, 4.69) is 9.97 Å². The van der Waals surface area contributed by atoms with Crippen LogP contribution in [0, 0.1) is 5.82 Å². The van der Waals surface area contributed by atoms with Crippen LogP contribution in [0.4, 0.5) is 4.39 Å². The fourth-order valence-electron chi connectivity index (χ4n) is 2.26. The van der Waals surface area contributed by atoms with Crippen LogP contribution in [0.25, 0.3) is 11.3 Å². The number of benzene rings is 1. The van der Waals surface area contributed by atoms with Gasteiger partial charge >= 0.3 is 0 Å². The Morgan fingerprint density at radius 3 is 2.67 bits per heavy atom. The van der Waals surface area contributed by atoms with Gasteiger partial charge in [-0.3, -0.25) is 0 Å². The van der Waals surface area contributed by atoms with Gasteiger partial charge < -0.3 is 5.73 Å². The van der Waals surface area contributed by atoms with Gasteiger partial charge in [-0.2, -0.15) is 0 Å². The summed E-state index contributed by atoms with van der Waals surface area (Å²) in [6.45, 7) is 0. The molecule has 1 aliphatic rings. The van der Waals surface area contributed by atoms with Crippen molar-refractivity contribution in [2.45, 2.75) is 24.8 Å². The molecule has 1 aromatic heterocycles. The van der Waals surface area contributed by atoms with Gasteiger partial charge in [0.25, 0.3) is 0 Å². The van der Waals surface area contributed by atoms with Crippen LogP contribution in [0.5, 0.6) is 0 Å². The van der Waals surface area contributed by atoms with Gasteiger partial charge in [0.05, 0.1) is 5.69 Å². The van der Waals surface area contributed by atoms with Gasteiger partial charge in [0.2, 0.25) is 0 Å². The minimum Gasteiger partial charge on any atom is -0.328 e. The topological polar surface area (TPSA) is 51.8 Å². The third kappa shape index (κ3) is 1.99. The zero-order valence-corrected chi connectivity index (χ0v) is 9.88. The summed E-state index contributed by atoms with van der Waals surface area (Å²) >= 11 is 0. The van der Waals surface area contributed by atoms with E-state index in [1.54, 1.807) is 30.5 Å². The Bertz CT molecular complexity index is 564. The molecule has 3 rings (SSSR count). The van der Waals surface area contributed by atoms with E-state index in [0.29, 0.717) is 17.2 Å². The van der Waals surface area contributed by atoms with Gasteiger partial charge in [-0.25, -0.2) is 14.4 Å². The molecule has 0 saturated heterocycles. The Balaban J connectivity index is 1.94. The maximum atomic E-state index is 13.7. The highest BCUT2D eigenvalue weighted by molar-refractivity contribution is 5.59. The van der Waals surface area contributed by atoms with Crippen molar-refractivity contribution in [3.05, 3.63) is 48.2 Å². The van der Waals surface area contributed by atoms with Crippen molar-refractivity contribution in [2.75, 3.05) is 0 Å². The van der Waals surface area contributed by atoms with Gasteiger partial charge in [0, 0.05) is 23.7 Å². The SMILES string of the molecule is NC1CC(c2nccc(-c3ccccc3F)n2)C1. The molecule has 4 heteroatoms. The monoisotopic (exact) mass is 243 g/mol. The standard InChI is InChI=1S/C14H14FN3/c15-12-4-2-1-3-11(12)13-5-6-17-14(18-13)9-7-10(16)8-9/h1-6,9-10H,7-8,16H2. The maximum Gasteiger partial charge on any atom is 0.132 e. The fourth-order valence-corrected chi connectivity index (χ4v) is 2.26. The van der Waals surface area contributed by atoms with Crippen molar-refractivity contribution in [1.29, 1.82) is 0 Å². The van der Waals surface area contributed by atoms with Crippen LogP contribution in [0.15, 0.2) is 36.5 Å². The summed E-state index contributed by atoms with van der Waals surface area (Å²) in [5, 5.41) is 0. The first-order valence-corrected chi connectivity index (χ1v) is 6.07. The Labute approximate surface area is 105 Å². The zero-order chi connectivity index (χ0) is 12.5. The lowest BCUT2D eigenvalue weighted by Gasteiger charge is -2.31. The van der Waals surface area contributed by atoms with Gasteiger partial charge in [-0.1, -0.05) is 12.1 Å². The van der Waals surface area contributed by atoms with E-state index in [-0.39, 0.29) is 11.9 Å². The number of nitrogens with two attached hydrogens (primary N) is 1. The molecule has 0 amide bonds. The molecule has 2 N–H and O–H groups in total. The molecule has 0 radical (unpaired) electrons. The molecule has 0 bridgehead atoms. The molecule has 0 spiro atoms. The van der Waals surface area contributed by atoms with E-state index < -0.39 is 0 Å². The van der Waals surface area contributed by atoms with Crippen molar-refractivity contribution >= 4 is 0 Å². The van der Waals surface area contributed by atoms with Crippen molar-refractivity contribution < 1.29 is 4.39 Å². The molecular weight excluding hydrogens is 229 g/mol. The third-order valence-corrected chi connectivity index (χ3v) is 3.36. The van der Waals surface area contributed by atoms with Gasteiger partial charge in [-0.05, 0) is 31.0 Å². The molecule has 0 aliphatic heterocycles. The van der Waals surface area contributed by atoms with Crippen LogP contribution < -0.4 is 5.73 Å². The minimum absolute atomic E-state index is 0.257. The highest BCUT2D eigenvalue weighted by atomic mass is 19.1. The highest BCUT2D eigenvalue weighted by Crippen LogP contribution is 2.34. The molecule has 1 heterocycles. The second-order valence-corrected chi connectivity index (χ2v) is 4.71. The quantitative estimate of drug-likeness (QED) is 0.881. The number of rotatable bonds is 2. The van der Waals surface area contributed by atoms with E-state index in [1.165, 1.54) is 6.07 Å². The molecule has 2 aromatic rings. The van der Waals surface area contributed by atoms with Crippen LogP contribution >= 0.6 is 0 Å².